The summed E-state index contributed by atoms with van der Waals surface area (Å²) in [4.78, 5) is 17.4. The van der Waals surface area contributed by atoms with E-state index in [9.17, 15) is 4.79 Å². The number of carbonyl (C=O) groups is 1. The lowest BCUT2D eigenvalue weighted by molar-refractivity contribution is -0.142. The third kappa shape index (κ3) is 2.63. The summed E-state index contributed by atoms with van der Waals surface area (Å²) in [5.74, 6) is -0.251. The van der Waals surface area contributed by atoms with Crippen LogP contribution in [0.25, 0.3) is 10.8 Å². The van der Waals surface area contributed by atoms with Crippen molar-refractivity contribution in [2.24, 2.45) is 5.92 Å². The molecule has 0 amide bonds. The van der Waals surface area contributed by atoms with Crippen LogP contribution in [0, 0.1) is 5.92 Å². The Morgan fingerprint density at radius 2 is 2.10 bits per heavy atom. The predicted octanol–water partition coefficient (Wildman–Crippen LogP) is 2.54. The Hall–Kier alpha value is -2.30. The lowest BCUT2D eigenvalue weighted by Gasteiger charge is -2.32. The van der Waals surface area contributed by atoms with E-state index in [1.807, 2.05) is 18.2 Å². The molecule has 1 fully saturated rings. The minimum atomic E-state index is -0.677. The molecular formula is C16H18N2O3. The highest BCUT2D eigenvalue weighted by Crippen LogP contribution is 2.29. The fraction of sp³-hybridized carbons (Fsp3) is 0.375. The number of pyridine rings is 1. The molecule has 21 heavy (non-hydrogen) atoms. The van der Waals surface area contributed by atoms with Crippen molar-refractivity contribution in [3.8, 4) is 5.88 Å². The molecule has 1 aromatic carbocycles. The summed E-state index contributed by atoms with van der Waals surface area (Å²) in [7, 11) is 1.62. The molecule has 2 aromatic rings. The van der Waals surface area contributed by atoms with Crippen molar-refractivity contribution in [1.29, 1.82) is 0 Å². The molecule has 110 valence electrons. The molecule has 0 radical (unpaired) electrons. The number of aliphatic carboxylic acids is 1. The van der Waals surface area contributed by atoms with Gasteiger partial charge in [0.15, 0.2) is 0 Å². The van der Waals surface area contributed by atoms with E-state index in [0.29, 0.717) is 18.7 Å². The van der Waals surface area contributed by atoms with Gasteiger partial charge in [0.05, 0.1) is 13.0 Å². The van der Waals surface area contributed by atoms with Crippen molar-refractivity contribution in [1.82, 2.24) is 4.98 Å². The minimum absolute atomic E-state index is 0.203. The number of nitrogens with zero attached hydrogens (tertiary/aromatic N) is 2. The number of ether oxygens (including phenoxy) is 1. The van der Waals surface area contributed by atoms with Crippen LogP contribution in [-0.4, -0.2) is 36.3 Å². The number of hydrogen-bond acceptors (Lipinski definition) is 4. The van der Waals surface area contributed by atoms with Crippen molar-refractivity contribution < 1.29 is 14.6 Å². The summed E-state index contributed by atoms with van der Waals surface area (Å²) in [6.45, 7) is 1.56. The van der Waals surface area contributed by atoms with E-state index >= 15 is 0 Å². The van der Waals surface area contributed by atoms with Gasteiger partial charge in [-0.25, -0.2) is 4.98 Å². The molecule has 0 saturated carbocycles. The highest BCUT2D eigenvalue weighted by Gasteiger charge is 2.24. The maximum atomic E-state index is 11.0. The van der Waals surface area contributed by atoms with Crippen molar-refractivity contribution in [3.63, 3.8) is 0 Å². The zero-order valence-corrected chi connectivity index (χ0v) is 12.0. The van der Waals surface area contributed by atoms with Crippen molar-refractivity contribution >= 4 is 22.4 Å². The maximum Gasteiger partial charge on any atom is 0.306 e. The fourth-order valence-electron chi connectivity index (χ4n) is 2.88. The van der Waals surface area contributed by atoms with Gasteiger partial charge in [-0.05, 0) is 42.5 Å². The molecule has 0 aliphatic carbocycles. The molecule has 2 heterocycles. The highest BCUT2D eigenvalue weighted by molar-refractivity contribution is 5.89. The summed E-state index contributed by atoms with van der Waals surface area (Å²) >= 11 is 0. The summed E-state index contributed by atoms with van der Waals surface area (Å²) in [5.41, 5.74) is 1.12. The number of hydrogen-bond donors (Lipinski definition) is 1. The Balaban J connectivity index is 1.84. The van der Waals surface area contributed by atoms with E-state index < -0.39 is 5.97 Å². The van der Waals surface area contributed by atoms with Gasteiger partial charge in [0.25, 0.3) is 0 Å². The summed E-state index contributed by atoms with van der Waals surface area (Å²) < 4.78 is 5.26. The van der Waals surface area contributed by atoms with Gasteiger partial charge in [0.1, 0.15) is 0 Å². The quantitative estimate of drug-likeness (QED) is 0.939. The number of fused-ring (bicyclic) bond motifs is 1. The van der Waals surface area contributed by atoms with E-state index in [2.05, 4.69) is 16.0 Å². The first-order chi connectivity index (χ1) is 10.2. The fourth-order valence-corrected chi connectivity index (χ4v) is 2.88. The monoisotopic (exact) mass is 286 g/mol. The van der Waals surface area contributed by atoms with Crippen LogP contribution in [0.1, 0.15) is 12.8 Å². The first-order valence-electron chi connectivity index (χ1n) is 7.09. The number of anilines is 1. The molecule has 3 rings (SSSR count). The second kappa shape index (κ2) is 5.60. The molecule has 0 bridgehead atoms. The largest absolute Gasteiger partial charge is 0.481 e. The Morgan fingerprint density at radius 3 is 2.76 bits per heavy atom. The number of methoxy groups -OCH3 is 1. The zero-order chi connectivity index (χ0) is 14.8. The van der Waals surface area contributed by atoms with Crippen LogP contribution in [0.15, 0.2) is 30.5 Å². The number of benzene rings is 1. The molecule has 1 aromatic heterocycles. The highest BCUT2D eigenvalue weighted by atomic mass is 16.5. The Morgan fingerprint density at radius 1 is 1.33 bits per heavy atom. The number of carboxylic acid groups (broad SMARTS) is 1. The van der Waals surface area contributed by atoms with Crippen LogP contribution in [-0.2, 0) is 4.79 Å². The van der Waals surface area contributed by atoms with E-state index in [1.165, 1.54) is 0 Å². The third-order valence-corrected chi connectivity index (χ3v) is 4.11. The number of aromatic nitrogens is 1. The van der Waals surface area contributed by atoms with Crippen LogP contribution in [0.3, 0.4) is 0 Å². The van der Waals surface area contributed by atoms with Gasteiger partial charge in [-0.15, -0.1) is 0 Å². The minimum Gasteiger partial charge on any atom is -0.481 e. The molecule has 1 aliphatic rings. The van der Waals surface area contributed by atoms with Crippen LogP contribution < -0.4 is 9.64 Å². The summed E-state index contributed by atoms with van der Waals surface area (Å²) in [5, 5.41) is 11.1. The predicted molar refractivity (Wildman–Crippen MR) is 80.9 cm³/mol. The molecule has 1 aliphatic heterocycles. The first-order valence-corrected chi connectivity index (χ1v) is 7.09. The van der Waals surface area contributed by atoms with Gasteiger partial charge >= 0.3 is 5.97 Å². The Labute approximate surface area is 123 Å². The molecule has 0 atom stereocenters. The molecule has 0 spiro atoms. The van der Waals surface area contributed by atoms with Crippen LogP contribution >= 0.6 is 0 Å². The molecule has 5 heteroatoms. The Bertz CT molecular complexity index is 664. The van der Waals surface area contributed by atoms with E-state index in [0.717, 1.165) is 29.5 Å². The van der Waals surface area contributed by atoms with Gasteiger partial charge in [-0.2, -0.15) is 0 Å². The normalized spacial score (nSPS) is 16.1. The van der Waals surface area contributed by atoms with Gasteiger partial charge in [-0.1, -0.05) is 0 Å². The number of piperidine rings is 1. The van der Waals surface area contributed by atoms with Crippen molar-refractivity contribution in [2.45, 2.75) is 12.8 Å². The standard InChI is InChI=1S/C16H18N2O3/c1-21-15-14-3-2-13(10-12(14)4-7-17-15)18-8-5-11(6-9-18)16(19)20/h2-4,7,10-11H,5-6,8-9H2,1H3,(H,19,20). The molecular weight excluding hydrogens is 268 g/mol. The number of rotatable bonds is 3. The lowest BCUT2D eigenvalue weighted by Crippen LogP contribution is -2.36. The summed E-state index contributed by atoms with van der Waals surface area (Å²) in [6.07, 6.45) is 3.14. The topological polar surface area (TPSA) is 62.7 Å². The zero-order valence-electron chi connectivity index (χ0n) is 12.0. The second-order valence-electron chi connectivity index (χ2n) is 5.33. The first kappa shape index (κ1) is 13.7. The molecule has 5 nitrogen and oxygen atoms in total. The second-order valence-corrected chi connectivity index (χ2v) is 5.33. The third-order valence-electron chi connectivity index (χ3n) is 4.11. The summed E-state index contributed by atoms with van der Waals surface area (Å²) in [6, 6.07) is 8.14. The average Bonchev–Trinajstić information content (AvgIpc) is 2.53. The molecule has 0 unspecified atom stereocenters. The van der Waals surface area contributed by atoms with E-state index in [-0.39, 0.29) is 5.92 Å². The van der Waals surface area contributed by atoms with Crippen molar-refractivity contribution in [2.75, 3.05) is 25.1 Å². The van der Waals surface area contributed by atoms with E-state index in [4.69, 9.17) is 9.84 Å². The average molecular weight is 286 g/mol. The van der Waals surface area contributed by atoms with Gasteiger partial charge in [0.2, 0.25) is 5.88 Å². The van der Waals surface area contributed by atoms with Crippen molar-refractivity contribution in [3.05, 3.63) is 30.5 Å². The number of carboxylic acids is 1. The molecule has 1 saturated heterocycles. The smallest absolute Gasteiger partial charge is 0.306 e. The van der Waals surface area contributed by atoms with Gasteiger partial charge in [0, 0.05) is 30.4 Å². The van der Waals surface area contributed by atoms with Crippen LogP contribution in [0.4, 0.5) is 5.69 Å². The van der Waals surface area contributed by atoms with Gasteiger partial charge in [-0.3, -0.25) is 4.79 Å². The maximum absolute atomic E-state index is 11.0. The van der Waals surface area contributed by atoms with Crippen LogP contribution in [0.2, 0.25) is 0 Å². The SMILES string of the molecule is COc1nccc2cc(N3CCC(C(=O)O)CC3)ccc12. The van der Waals surface area contributed by atoms with Crippen LogP contribution in [0.5, 0.6) is 5.88 Å². The lowest BCUT2D eigenvalue weighted by atomic mass is 9.96. The Kier molecular flexibility index (Phi) is 3.64. The van der Waals surface area contributed by atoms with Gasteiger partial charge < -0.3 is 14.7 Å². The van der Waals surface area contributed by atoms with E-state index in [1.54, 1.807) is 13.3 Å². The molecule has 1 N–H and O–H groups in total.